The summed E-state index contributed by atoms with van der Waals surface area (Å²) in [6.45, 7) is 1.53. The van der Waals surface area contributed by atoms with Crippen LogP contribution in [0.4, 0.5) is 0 Å². The van der Waals surface area contributed by atoms with Gasteiger partial charge in [-0.25, -0.2) is 13.2 Å². The second kappa shape index (κ2) is 9.32. The SMILES string of the molecule is O=C(Oc1ccc(OCc2ccccc2)cc1)c1ccc(S(=O)(=O)N2CCCC2)cc1. The van der Waals surface area contributed by atoms with Crippen molar-refractivity contribution >= 4 is 16.0 Å². The van der Waals surface area contributed by atoms with E-state index in [-0.39, 0.29) is 10.5 Å². The fourth-order valence-electron chi connectivity index (χ4n) is 3.35. The van der Waals surface area contributed by atoms with Crippen molar-refractivity contribution in [1.29, 1.82) is 0 Å². The molecule has 0 saturated carbocycles. The lowest BCUT2D eigenvalue weighted by atomic mass is 10.2. The van der Waals surface area contributed by atoms with Crippen molar-refractivity contribution in [2.24, 2.45) is 0 Å². The third-order valence-electron chi connectivity index (χ3n) is 5.08. The molecule has 0 N–H and O–H groups in total. The van der Waals surface area contributed by atoms with E-state index in [0.29, 0.717) is 31.2 Å². The minimum Gasteiger partial charge on any atom is -0.489 e. The van der Waals surface area contributed by atoms with E-state index in [1.807, 2.05) is 30.3 Å². The molecule has 3 aromatic carbocycles. The van der Waals surface area contributed by atoms with Gasteiger partial charge in [0.15, 0.2) is 0 Å². The summed E-state index contributed by atoms with van der Waals surface area (Å²) < 4.78 is 37.7. The molecule has 4 rings (SSSR count). The highest BCUT2D eigenvalue weighted by Gasteiger charge is 2.27. The topological polar surface area (TPSA) is 72.9 Å². The van der Waals surface area contributed by atoms with Crippen LogP contribution in [-0.4, -0.2) is 31.8 Å². The Balaban J connectivity index is 1.35. The first-order valence-electron chi connectivity index (χ1n) is 10.1. The number of sulfonamides is 1. The molecule has 7 heteroatoms. The predicted molar refractivity (Wildman–Crippen MR) is 117 cm³/mol. The Morgan fingerprint density at radius 3 is 2.06 bits per heavy atom. The van der Waals surface area contributed by atoms with Gasteiger partial charge < -0.3 is 9.47 Å². The number of hydrogen-bond donors (Lipinski definition) is 0. The zero-order chi connectivity index (χ0) is 21.7. The zero-order valence-electron chi connectivity index (χ0n) is 16.9. The third-order valence-corrected chi connectivity index (χ3v) is 6.99. The average Bonchev–Trinajstić information content (AvgIpc) is 3.35. The maximum absolute atomic E-state index is 12.6. The quantitative estimate of drug-likeness (QED) is 0.408. The average molecular weight is 438 g/mol. The van der Waals surface area contributed by atoms with Gasteiger partial charge in [0.25, 0.3) is 0 Å². The molecule has 1 saturated heterocycles. The molecule has 0 amide bonds. The van der Waals surface area contributed by atoms with Gasteiger partial charge in [-0.05, 0) is 66.9 Å². The van der Waals surface area contributed by atoms with E-state index in [1.165, 1.54) is 28.6 Å². The lowest BCUT2D eigenvalue weighted by Gasteiger charge is -2.15. The molecule has 0 aliphatic carbocycles. The van der Waals surface area contributed by atoms with Gasteiger partial charge >= 0.3 is 5.97 Å². The molecule has 31 heavy (non-hydrogen) atoms. The summed E-state index contributed by atoms with van der Waals surface area (Å²) in [5.41, 5.74) is 1.35. The zero-order valence-corrected chi connectivity index (χ0v) is 17.8. The normalized spacial score (nSPS) is 14.3. The lowest BCUT2D eigenvalue weighted by molar-refractivity contribution is 0.0734. The van der Waals surface area contributed by atoms with Gasteiger partial charge in [-0.15, -0.1) is 0 Å². The molecule has 3 aromatic rings. The summed E-state index contributed by atoms with van der Waals surface area (Å²) in [5.74, 6) is 0.494. The predicted octanol–water partition coefficient (Wildman–Crippen LogP) is 4.27. The summed E-state index contributed by atoms with van der Waals surface area (Å²) in [4.78, 5) is 12.6. The van der Waals surface area contributed by atoms with Crippen molar-refractivity contribution in [1.82, 2.24) is 4.31 Å². The minimum atomic E-state index is -3.50. The number of hydrogen-bond acceptors (Lipinski definition) is 5. The highest BCUT2D eigenvalue weighted by atomic mass is 32.2. The number of benzene rings is 3. The molecule has 0 bridgehead atoms. The Morgan fingerprint density at radius 2 is 1.42 bits per heavy atom. The van der Waals surface area contributed by atoms with Gasteiger partial charge in [0.1, 0.15) is 18.1 Å². The van der Waals surface area contributed by atoms with Crippen LogP contribution in [0.3, 0.4) is 0 Å². The van der Waals surface area contributed by atoms with Crippen LogP contribution in [0, 0.1) is 0 Å². The van der Waals surface area contributed by atoms with Crippen molar-refractivity contribution in [3.8, 4) is 11.5 Å². The molecule has 1 fully saturated rings. The summed E-state index contributed by atoms with van der Waals surface area (Å²) in [5, 5.41) is 0. The fraction of sp³-hybridized carbons (Fsp3) is 0.208. The third kappa shape index (κ3) is 5.13. The number of esters is 1. The van der Waals surface area contributed by atoms with Crippen molar-refractivity contribution in [2.45, 2.75) is 24.3 Å². The Hall–Kier alpha value is -3.16. The first kappa shape index (κ1) is 21.1. The fourth-order valence-corrected chi connectivity index (χ4v) is 4.87. The number of nitrogens with zero attached hydrogens (tertiary/aromatic N) is 1. The van der Waals surface area contributed by atoms with E-state index in [2.05, 4.69) is 0 Å². The van der Waals surface area contributed by atoms with E-state index >= 15 is 0 Å². The molecule has 0 radical (unpaired) electrons. The number of carbonyl (C=O) groups excluding carboxylic acids is 1. The molecule has 1 heterocycles. The summed E-state index contributed by atoms with van der Waals surface area (Å²) >= 11 is 0. The lowest BCUT2D eigenvalue weighted by Crippen LogP contribution is -2.27. The van der Waals surface area contributed by atoms with Crippen molar-refractivity contribution in [2.75, 3.05) is 13.1 Å². The minimum absolute atomic E-state index is 0.186. The molecule has 0 spiro atoms. The Kier molecular flexibility index (Phi) is 6.34. The molecule has 0 atom stereocenters. The maximum atomic E-state index is 12.6. The first-order valence-corrected chi connectivity index (χ1v) is 11.6. The number of ether oxygens (including phenoxy) is 2. The Labute approximate surface area is 182 Å². The van der Waals surface area contributed by atoms with Crippen LogP contribution in [0.1, 0.15) is 28.8 Å². The highest BCUT2D eigenvalue weighted by Crippen LogP contribution is 2.23. The van der Waals surface area contributed by atoms with E-state index in [0.717, 1.165) is 18.4 Å². The van der Waals surface area contributed by atoms with Crippen molar-refractivity contribution in [3.05, 3.63) is 90.0 Å². The van der Waals surface area contributed by atoms with Gasteiger partial charge in [0, 0.05) is 13.1 Å². The van der Waals surface area contributed by atoms with Gasteiger partial charge in [-0.2, -0.15) is 4.31 Å². The molecule has 0 aromatic heterocycles. The van der Waals surface area contributed by atoms with Crippen LogP contribution in [0.15, 0.2) is 83.8 Å². The molecule has 160 valence electrons. The largest absolute Gasteiger partial charge is 0.489 e. The highest BCUT2D eigenvalue weighted by molar-refractivity contribution is 7.89. The molecular weight excluding hydrogens is 414 g/mol. The van der Waals surface area contributed by atoms with Crippen LogP contribution >= 0.6 is 0 Å². The summed E-state index contributed by atoms with van der Waals surface area (Å²) in [7, 11) is -3.50. The van der Waals surface area contributed by atoms with E-state index in [9.17, 15) is 13.2 Å². The second-order valence-corrected chi connectivity index (χ2v) is 9.21. The molecule has 0 unspecified atom stereocenters. The van der Waals surface area contributed by atoms with Crippen LogP contribution in [0.5, 0.6) is 11.5 Å². The van der Waals surface area contributed by atoms with Crippen LogP contribution < -0.4 is 9.47 Å². The van der Waals surface area contributed by atoms with Crippen LogP contribution in [0.2, 0.25) is 0 Å². The second-order valence-electron chi connectivity index (χ2n) is 7.27. The van der Waals surface area contributed by atoms with E-state index in [1.54, 1.807) is 24.3 Å². The molecule has 6 nitrogen and oxygen atoms in total. The Bertz CT molecular complexity index is 1120. The van der Waals surface area contributed by atoms with Gasteiger partial charge in [-0.3, -0.25) is 0 Å². The molecular formula is C24H23NO5S. The van der Waals surface area contributed by atoms with Gasteiger partial charge in [-0.1, -0.05) is 30.3 Å². The molecule has 1 aliphatic heterocycles. The van der Waals surface area contributed by atoms with Gasteiger partial charge in [0.2, 0.25) is 10.0 Å². The van der Waals surface area contributed by atoms with E-state index in [4.69, 9.17) is 9.47 Å². The molecule has 1 aliphatic rings. The van der Waals surface area contributed by atoms with Crippen LogP contribution in [0.25, 0.3) is 0 Å². The number of rotatable bonds is 7. The Morgan fingerprint density at radius 1 is 0.806 bits per heavy atom. The first-order chi connectivity index (χ1) is 15.0. The maximum Gasteiger partial charge on any atom is 0.343 e. The summed E-state index contributed by atoms with van der Waals surface area (Å²) in [6.07, 6.45) is 1.75. The van der Waals surface area contributed by atoms with Gasteiger partial charge in [0.05, 0.1) is 10.5 Å². The van der Waals surface area contributed by atoms with E-state index < -0.39 is 16.0 Å². The standard InChI is InChI=1S/C24H23NO5S/c26-24(20-8-14-23(15-9-20)31(27,28)25-16-4-5-17-25)30-22-12-10-21(11-13-22)29-18-19-6-2-1-3-7-19/h1-3,6-15H,4-5,16-18H2. The smallest absolute Gasteiger partial charge is 0.343 e. The monoisotopic (exact) mass is 437 g/mol. The van der Waals surface area contributed by atoms with Crippen molar-refractivity contribution in [3.63, 3.8) is 0 Å². The van der Waals surface area contributed by atoms with Crippen LogP contribution in [-0.2, 0) is 16.6 Å². The van der Waals surface area contributed by atoms with Crippen molar-refractivity contribution < 1.29 is 22.7 Å². The summed E-state index contributed by atoms with van der Waals surface area (Å²) in [6, 6.07) is 22.5. The number of carbonyl (C=O) groups is 1.